The molecule has 4 heteroatoms. The molecule has 1 unspecified atom stereocenters. The lowest BCUT2D eigenvalue weighted by molar-refractivity contribution is 0.408. The van der Waals surface area contributed by atoms with Crippen LogP contribution in [-0.2, 0) is 10.1 Å². The summed E-state index contributed by atoms with van der Waals surface area (Å²) in [6, 6.07) is 0. The van der Waals surface area contributed by atoms with Crippen molar-refractivity contribution in [1.82, 2.24) is 0 Å². The Kier molecular flexibility index (Phi) is 8.06. The first kappa shape index (κ1) is 14.9. The van der Waals surface area contributed by atoms with Crippen LogP contribution >= 0.6 is 0 Å². The molecule has 15 heavy (non-hydrogen) atoms. The van der Waals surface area contributed by atoms with Crippen LogP contribution < -0.4 is 0 Å². The molecule has 92 valence electrons. The van der Waals surface area contributed by atoms with E-state index in [-0.39, 0.29) is 5.75 Å². The lowest BCUT2D eigenvalue weighted by Gasteiger charge is -2.13. The minimum absolute atomic E-state index is 0.0860. The maximum absolute atomic E-state index is 10.5. The molecule has 0 radical (unpaired) electrons. The number of hydrogen-bond acceptors (Lipinski definition) is 2. The summed E-state index contributed by atoms with van der Waals surface area (Å²) in [6.07, 6.45) is 7.52. The summed E-state index contributed by atoms with van der Waals surface area (Å²) < 4.78 is 29.6. The fraction of sp³-hybridized carbons (Fsp3) is 1.00. The molecule has 0 fully saturated rings. The van der Waals surface area contributed by atoms with Crippen molar-refractivity contribution in [2.45, 2.75) is 58.8 Å². The van der Waals surface area contributed by atoms with Crippen molar-refractivity contribution in [3.05, 3.63) is 0 Å². The van der Waals surface area contributed by atoms with Gasteiger partial charge in [0.1, 0.15) is 0 Å². The van der Waals surface area contributed by atoms with E-state index in [9.17, 15) is 8.42 Å². The van der Waals surface area contributed by atoms with Gasteiger partial charge in [0.2, 0.25) is 0 Å². The van der Waals surface area contributed by atoms with Gasteiger partial charge in [0.15, 0.2) is 0 Å². The van der Waals surface area contributed by atoms with Gasteiger partial charge in [0, 0.05) is 0 Å². The Morgan fingerprint density at radius 1 is 1.07 bits per heavy atom. The largest absolute Gasteiger partial charge is 0.286 e. The minimum Gasteiger partial charge on any atom is -0.286 e. The maximum atomic E-state index is 10.5. The van der Waals surface area contributed by atoms with Crippen molar-refractivity contribution in [1.29, 1.82) is 0 Å². The molecule has 0 aromatic heterocycles. The monoisotopic (exact) mass is 236 g/mol. The lowest BCUT2D eigenvalue weighted by atomic mass is 9.94. The van der Waals surface area contributed by atoms with Crippen LogP contribution in [0.25, 0.3) is 0 Å². The van der Waals surface area contributed by atoms with Crippen LogP contribution in [0.2, 0.25) is 0 Å². The zero-order valence-electron chi connectivity index (χ0n) is 9.91. The quantitative estimate of drug-likeness (QED) is 0.494. The molecular formula is C11H24O3S. The smallest absolute Gasteiger partial charge is 0.264 e. The van der Waals surface area contributed by atoms with E-state index in [0.717, 1.165) is 12.8 Å². The average Bonchev–Trinajstić information content (AvgIpc) is 2.14. The average molecular weight is 236 g/mol. The summed E-state index contributed by atoms with van der Waals surface area (Å²) in [5.41, 5.74) is 0. The Bertz CT molecular complexity index is 234. The third-order valence-corrected chi connectivity index (χ3v) is 3.61. The zero-order valence-corrected chi connectivity index (χ0v) is 10.7. The molecule has 0 bridgehead atoms. The van der Waals surface area contributed by atoms with E-state index in [2.05, 4.69) is 13.8 Å². The number of unbranched alkanes of at least 4 members (excludes halogenated alkanes) is 2. The predicted molar refractivity (Wildman–Crippen MR) is 63.6 cm³/mol. The standard InChI is InChI=1S/C11H24O3S/c1-3-5-6-8-11(4-2)9-7-10-15(12,13)14/h11H,3-10H2,1-2H3,(H,12,13,14). The third kappa shape index (κ3) is 10.2. The van der Waals surface area contributed by atoms with Gasteiger partial charge in [-0.25, -0.2) is 0 Å². The van der Waals surface area contributed by atoms with Crippen molar-refractivity contribution in [3.63, 3.8) is 0 Å². The zero-order chi connectivity index (χ0) is 11.7. The fourth-order valence-electron chi connectivity index (χ4n) is 1.79. The lowest BCUT2D eigenvalue weighted by Crippen LogP contribution is -2.07. The molecule has 0 aromatic rings. The molecule has 0 aromatic carbocycles. The second-order valence-electron chi connectivity index (χ2n) is 4.20. The Morgan fingerprint density at radius 3 is 2.13 bits per heavy atom. The topological polar surface area (TPSA) is 54.4 Å². The highest BCUT2D eigenvalue weighted by molar-refractivity contribution is 7.85. The molecule has 0 aliphatic rings. The van der Waals surface area contributed by atoms with Gasteiger partial charge in [-0.1, -0.05) is 46.0 Å². The van der Waals surface area contributed by atoms with Gasteiger partial charge in [0.25, 0.3) is 10.1 Å². The van der Waals surface area contributed by atoms with Gasteiger partial charge in [-0.05, 0) is 18.8 Å². The predicted octanol–water partition coefficient (Wildman–Crippen LogP) is 3.26. The van der Waals surface area contributed by atoms with E-state index in [1.807, 2.05) is 0 Å². The second kappa shape index (κ2) is 8.11. The van der Waals surface area contributed by atoms with Gasteiger partial charge in [0.05, 0.1) is 5.75 Å². The molecule has 0 amide bonds. The summed E-state index contributed by atoms with van der Waals surface area (Å²) in [4.78, 5) is 0. The maximum Gasteiger partial charge on any atom is 0.264 e. The Morgan fingerprint density at radius 2 is 1.67 bits per heavy atom. The van der Waals surface area contributed by atoms with Gasteiger partial charge in [-0.3, -0.25) is 4.55 Å². The molecule has 0 aliphatic carbocycles. The molecule has 0 saturated heterocycles. The highest BCUT2D eigenvalue weighted by atomic mass is 32.2. The first-order valence-corrected chi connectivity index (χ1v) is 7.55. The van der Waals surface area contributed by atoms with Gasteiger partial charge >= 0.3 is 0 Å². The van der Waals surface area contributed by atoms with Crippen LogP contribution in [-0.4, -0.2) is 18.7 Å². The molecule has 1 atom stereocenters. The van der Waals surface area contributed by atoms with Gasteiger partial charge in [-0.15, -0.1) is 0 Å². The summed E-state index contributed by atoms with van der Waals surface area (Å²) in [7, 11) is -3.75. The SMILES string of the molecule is CCCCCC(CC)CCCS(=O)(=O)O. The first-order valence-electron chi connectivity index (χ1n) is 5.94. The Labute approximate surface area is 94.0 Å². The van der Waals surface area contributed by atoms with Crippen LogP contribution in [0.4, 0.5) is 0 Å². The highest BCUT2D eigenvalue weighted by Crippen LogP contribution is 2.19. The minimum atomic E-state index is -3.75. The van der Waals surface area contributed by atoms with Crippen molar-refractivity contribution in [3.8, 4) is 0 Å². The van der Waals surface area contributed by atoms with Gasteiger partial charge in [-0.2, -0.15) is 8.42 Å². The number of hydrogen-bond donors (Lipinski definition) is 1. The van der Waals surface area contributed by atoms with E-state index in [4.69, 9.17) is 4.55 Å². The molecule has 0 rings (SSSR count). The van der Waals surface area contributed by atoms with E-state index < -0.39 is 10.1 Å². The molecule has 0 aliphatic heterocycles. The van der Waals surface area contributed by atoms with Crippen molar-refractivity contribution < 1.29 is 13.0 Å². The molecular weight excluding hydrogens is 212 g/mol. The Hall–Kier alpha value is -0.0900. The van der Waals surface area contributed by atoms with Gasteiger partial charge < -0.3 is 0 Å². The summed E-state index contributed by atoms with van der Waals surface area (Å²) in [5.74, 6) is 0.537. The molecule has 0 heterocycles. The van der Waals surface area contributed by atoms with Crippen molar-refractivity contribution >= 4 is 10.1 Å². The fourth-order valence-corrected chi connectivity index (χ4v) is 2.32. The highest BCUT2D eigenvalue weighted by Gasteiger charge is 2.09. The van der Waals surface area contributed by atoms with E-state index >= 15 is 0 Å². The van der Waals surface area contributed by atoms with Crippen molar-refractivity contribution in [2.24, 2.45) is 5.92 Å². The molecule has 0 spiro atoms. The summed E-state index contributed by atoms with van der Waals surface area (Å²) >= 11 is 0. The van der Waals surface area contributed by atoms with Crippen LogP contribution in [0.5, 0.6) is 0 Å². The first-order chi connectivity index (χ1) is 6.99. The molecule has 3 nitrogen and oxygen atoms in total. The Balaban J connectivity index is 3.61. The number of rotatable bonds is 9. The normalized spacial score (nSPS) is 14.1. The van der Waals surface area contributed by atoms with E-state index in [0.29, 0.717) is 12.3 Å². The summed E-state index contributed by atoms with van der Waals surface area (Å²) in [6.45, 7) is 4.32. The molecule has 1 N–H and O–H groups in total. The van der Waals surface area contributed by atoms with E-state index in [1.54, 1.807) is 0 Å². The molecule has 0 saturated carbocycles. The second-order valence-corrected chi connectivity index (χ2v) is 5.77. The van der Waals surface area contributed by atoms with E-state index in [1.165, 1.54) is 25.7 Å². The van der Waals surface area contributed by atoms with Crippen LogP contribution in [0.15, 0.2) is 0 Å². The van der Waals surface area contributed by atoms with Crippen LogP contribution in [0, 0.1) is 5.92 Å². The summed E-state index contributed by atoms with van der Waals surface area (Å²) in [5, 5.41) is 0. The van der Waals surface area contributed by atoms with Crippen molar-refractivity contribution in [2.75, 3.05) is 5.75 Å². The van der Waals surface area contributed by atoms with Crippen LogP contribution in [0.3, 0.4) is 0 Å². The van der Waals surface area contributed by atoms with Crippen LogP contribution in [0.1, 0.15) is 58.8 Å². The third-order valence-electron chi connectivity index (χ3n) is 2.81.